The summed E-state index contributed by atoms with van der Waals surface area (Å²) >= 11 is 0. The highest BCUT2D eigenvalue weighted by Gasteiger charge is 1.94. The highest BCUT2D eigenvalue weighted by molar-refractivity contribution is 5.81. The maximum Gasteiger partial charge on any atom is 0.0345 e. The first-order chi connectivity index (χ1) is 4.16. The first-order valence-corrected chi connectivity index (χ1v) is 3.40. The van der Waals surface area contributed by atoms with Crippen molar-refractivity contribution >= 4 is 5.71 Å². The van der Waals surface area contributed by atoms with Crippen LogP contribution in [0.3, 0.4) is 0 Å². The molecule has 0 rings (SSSR count). The minimum Gasteiger partial charge on any atom is -0.323 e. The summed E-state index contributed by atoms with van der Waals surface area (Å²) in [5, 5.41) is 3.58. The second kappa shape index (κ2) is 4.36. The normalized spacial score (nSPS) is 12.7. The lowest BCUT2D eigenvalue weighted by Crippen LogP contribution is -1.98. The van der Waals surface area contributed by atoms with E-state index in [-0.39, 0.29) is 0 Å². The molecule has 2 heteroatoms. The molecule has 9 heavy (non-hydrogen) atoms. The molecule has 0 aliphatic carbocycles. The molecule has 0 aromatic heterocycles. The van der Waals surface area contributed by atoms with Gasteiger partial charge in [0.25, 0.3) is 0 Å². The zero-order chi connectivity index (χ0) is 7.28. The minimum absolute atomic E-state index is 0.752. The summed E-state index contributed by atoms with van der Waals surface area (Å²) in [7, 11) is 0. The quantitative estimate of drug-likeness (QED) is 0.351. The van der Waals surface area contributed by atoms with E-state index in [1.54, 1.807) is 0 Å². The van der Waals surface area contributed by atoms with E-state index in [0.29, 0.717) is 0 Å². The Hall–Kier alpha value is -0.530. The summed E-state index contributed by atoms with van der Waals surface area (Å²) in [4.78, 5) is 0. The summed E-state index contributed by atoms with van der Waals surface area (Å²) in [5.74, 6) is 5.80. The Bertz CT molecular complexity index is 95.1. The maximum absolute atomic E-state index is 5.05. The van der Waals surface area contributed by atoms with Crippen LogP contribution in [0.2, 0.25) is 0 Å². The highest BCUT2D eigenvalue weighted by atomic mass is 15.1. The average molecular weight is 128 g/mol. The Labute approximate surface area is 57.1 Å². The second-order valence-electron chi connectivity index (χ2n) is 2.80. The Balaban J connectivity index is 3.28. The molecule has 0 bridgehead atoms. The number of nitrogens with two attached hydrogens (primary N) is 1. The minimum atomic E-state index is 0.752. The summed E-state index contributed by atoms with van der Waals surface area (Å²) in [6.45, 7) is 6.36. The third-order valence-corrected chi connectivity index (χ3v) is 1.30. The van der Waals surface area contributed by atoms with Gasteiger partial charge in [0.05, 0.1) is 0 Å². The van der Waals surface area contributed by atoms with E-state index in [1.165, 1.54) is 6.42 Å². The van der Waals surface area contributed by atoms with E-state index in [4.69, 9.17) is 5.84 Å². The van der Waals surface area contributed by atoms with Crippen LogP contribution in [0.1, 0.15) is 33.6 Å². The first-order valence-electron chi connectivity index (χ1n) is 3.40. The smallest absolute Gasteiger partial charge is 0.0345 e. The summed E-state index contributed by atoms with van der Waals surface area (Å²) < 4.78 is 0. The lowest BCUT2D eigenvalue weighted by molar-refractivity contribution is 0.602. The molecule has 0 aliphatic rings. The third-order valence-electron chi connectivity index (χ3n) is 1.30. The molecule has 0 spiro atoms. The van der Waals surface area contributed by atoms with Crippen molar-refractivity contribution in [3.05, 3.63) is 0 Å². The molecule has 2 nitrogen and oxygen atoms in total. The van der Waals surface area contributed by atoms with E-state index in [0.717, 1.165) is 18.1 Å². The van der Waals surface area contributed by atoms with Crippen LogP contribution in [0.4, 0.5) is 0 Å². The number of hydrogen-bond acceptors (Lipinski definition) is 2. The van der Waals surface area contributed by atoms with Gasteiger partial charge >= 0.3 is 0 Å². The van der Waals surface area contributed by atoms with Gasteiger partial charge in [0, 0.05) is 5.71 Å². The van der Waals surface area contributed by atoms with Gasteiger partial charge in [0.1, 0.15) is 0 Å². The number of nitrogens with zero attached hydrogens (tertiary/aromatic N) is 1. The second-order valence-corrected chi connectivity index (χ2v) is 2.80. The molecule has 2 N–H and O–H groups in total. The van der Waals surface area contributed by atoms with Crippen LogP contribution in [0, 0.1) is 5.92 Å². The van der Waals surface area contributed by atoms with Gasteiger partial charge in [0.15, 0.2) is 0 Å². The van der Waals surface area contributed by atoms with Crippen molar-refractivity contribution < 1.29 is 0 Å². The molecular weight excluding hydrogens is 112 g/mol. The first kappa shape index (κ1) is 8.47. The van der Waals surface area contributed by atoms with E-state index in [9.17, 15) is 0 Å². The number of hydrazone groups is 1. The molecule has 0 aromatic carbocycles. The standard InChI is InChI=1S/C7H16N2/c1-6(2)4-5-7(3)9-8/h6H,4-5,8H2,1-3H3. The fourth-order valence-corrected chi connectivity index (χ4v) is 0.562. The Morgan fingerprint density at radius 3 is 2.44 bits per heavy atom. The third kappa shape index (κ3) is 5.34. The Morgan fingerprint density at radius 2 is 2.11 bits per heavy atom. The highest BCUT2D eigenvalue weighted by Crippen LogP contribution is 2.03. The van der Waals surface area contributed by atoms with E-state index in [2.05, 4.69) is 18.9 Å². The number of hydrogen-bond donors (Lipinski definition) is 1. The predicted molar refractivity (Wildman–Crippen MR) is 41.4 cm³/mol. The molecular formula is C7H16N2. The van der Waals surface area contributed by atoms with Gasteiger partial charge in [-0.1, -0.05) is 13.8 Å². The van der Waals surface area contributed by atoms with Crippen LogP contribution in [0.25, 0.3) is 0 Å². The van der Waals surface area contributed by atoms with Crippen molar-refractivity contribution in [1.82, 2.24) is 0 Å². The van der Waals surface area contributed by atoms with Crippen molar-refractivity contribution in [2.45, 2.75) is 33.6 Å². The predicted octanol–water partition coefficient (Wildman–Crippen LogP) is 1.76. The van der Waals surface area contributed by atoms with Gasteiger partial charge in [0.2, 0.25) is 0 Å². The molecule has 0 radical (unpaired) electrons. The SMILES string of the molecule is CC(CCC(C)C)=NN. The van der Waals surface area contributed by atoms with Crippen molar-refractivity contribution in [3.63, 3.8) is 0 Å². The van der Waals surface area contributed by atoms with Crippen molar-refractivity contribution in [2.24, 2.45) is 16.9 Å². The molecule has 0 aliphatic heterocycles. The maximum atomic E-state index is 5.05. The lowest BCUT2D eigenvalue weighted by Gasteiger charge is -2.01. The summed E-state index contributed by atoms with van der Waals surface area (Å²) in [6, 6.07) is 0. The van der Waals surface area contributed by atoms with Crippen LogP contribution in [-0.4, -0.2) is 5.71 Å². The lowest BCUT2D eigenvalue weighted by atomic mass is 10.1. The summed E-state index contributed by atoms with van der Waals surface area (Å²) in [6.07, 6.45) is 2.22. The molecule has 0 atom stereocenters. The molecule has 0 aromatic rings. The molecule has 0 saturated heterocycles. The van der Waals surface area contributed by atoms with Gasteiger partial charge in [-0.15, -0.1) is 0 Å². The monoisotopic (exact) mass is 128 g/mol. The Kier molecular flexibility index (Phi) is 4.10. The topological polar surface area (TPSA) is 38.4 Å². The van der Waals surface area contributed by atoms with Gasteiger partial charge in [-0.05, 0) is 25.7 Å². The molecule has 0 amide bonds. The largest absolute Gasteiger partial charge is 0.323 e. The molecule has 54 valence electrons. The van der Waals surface area contributed by atoms with Crippen molar-refractivity contribution in [1.29, 1.82) is 0 Å². The van der Waals surface area contributed by atoms with E-state index in [1.807, 2.05) is 6.92 Å². The average Bonchev–Trinajstić information content (AvgIpc) is 1.83. The van der Waals surface area contributed by atoms with Gasteiger partial charge in [-0.3, -0.25) is 0 Å². The van der Waals surface area contributed by atoms with E-state index < -0.39 is 0 Å². The zero-order valence-electron chi connectivity index (χ0n) is 6.52. The Morgan fingerprint density at radius 1 is 1.56 bits per heavy atom. The molecule has 0 fully saturated rings. The number of rotatable bonds is 3. The van der Waals surface area contributed by atoms with Crippen LogP contribution < -0.4 is 5.84 Å². The van der Waals surface area contributed by atoms with E-state index >= 15 is 0 Å². The van der Waals surface area contributed by atoms with Gasteiger partial charge in [-0.2, -0.15) is 5.10 Å². The molecule has 0 heterocycles. The summed E-state index contributed by atoms with van der Waals surface area (Å²) in [5.41, 5.74) is 1.05. The van der Waals surface area contributed by atoms with Crippen molar-refractivity contribution in [2.75, 3.05) is 0 Å². The fraction of sp³-hybridized carbons (Fsp3) is 0.857. The van der Waals surface area contributed by atoms with Crippen LogP contribution in [0.15, 0.2) is 5.10 Å². The van der Waals surface area contributed by atoms with Crippen LogP contribution >= 0.6 is 0 Å². The van der Waals surface area contributed by atoms with Crippen LogP contribution in [-0.2, 0) is 0 Å². The zero-order valence-corrected chi connectivity index (χ0v) is 6.52. The van der Waals surface area contributed by atoms with Gasteiger partial charge in [-0.25, -0.2) is 0 Å². The van der Waals surface area contributed by atoms with Crippen molar-refractivity contribution in [3.8, 4) is 0 Å². The fourth-order valence-electron chi connectivity index (χ4n) is 0.562. The molecule has 0 saturated carbocycles. The van der Waals surface area contributed by atoms with Gasteiger partial charge < -0.3 is 5.84 Å². The van der Waals surface area contributed by atoms with Crippen LogP contribution in [0.5, 0.6) is 0 Å². The molecule has 0 unspecified atom stereocenters.